The molecule has 0 bridgehead atoms. The summed E-state index contributed by atoms with van der Waals surface area (Å²) in [6.07, 6.45) is 0.762. The van der Waals surface area contributed by atoms with Gasteiger partial charge in [-0.1, -0.05) is 23.4 Å². The van der Waals surface area contributed by atoms with Crippen molar-refractivity contribution in [2.45, 2.75) is 35.6 Å². The van der Waals surface area contributed by atoms with Gasteiger partial charge in [-0.2, -0.15) is 0 Å². The molecule has 0 fully saturated rings. The van der Waals surface area contributed by atoms with Gasteiger partial charge >= 0.3 is 5.97 Å². The molecule has 0 saturated heterocycles. The molecule has 0 spiro atoms. The fraction of sp³-hybridized carbons (Fsp3) is 0.353. The van der Waals surface area contributed by atoms with Gasteiger partial charge in [-0.25, -0.2) is 4.98 Å². The molecule has 0 saturated carbocycles. The summed E-state index contributed by atoms with van der Waals surface area (Å²) in [4.78, 5) is 30.3. The van der Waals surface area contributed by atoms with Crippen LogP contribution in [0.3, 0.4) is 0 Å². The van der Waals surface area contributed by atoms with Gasteiger partial charge in [0.2, 0.25) is 0 Å². The number of fused-ring (bicyclic) bond motifs is 1. The molecule has 0 unspecified atom stereocenters. The molecule has 1 aromatic carbocycles. The van der Waals surface area contributed by atoms with E-state index in [0.717, 1.165) is 17.9 Å². The zero-order valence-electron chi connectivity index (χ0n) is 13.8. The lowest BCUT2D eigenvalue weighted by molar-refractivity contribution is -0.142. The van der Waals surface area contributed by atoms with E-state index in [1.807, 2.05) is 0 Å². The maximum Gasteiger partial charge on any atom is 0.319 e. The van der Waals surface area contributed by atoms with Crippen LogP contribution in [0.4, 0.5) is 0 Å². The highest BCUT2D eigenvalue weighted by atomic mass is 35.5. The molecule has 5 nitrogen and oxygen atoms in total. The molecule has 0 aliphatic carbocycles. The summed E-state index contributed by atoms with van der Waals surface area (Å²) in [6.45, 7) is 3.84. The molecule has 0 radical (unpaired) electrons. The van der Waals surface area contributed by atoms with Gasteiger partial charge in [-0.3, -0.25) is 14.2 Å². The van der Waals surface area contributed by atoms with E-state index < -0.39 is 5.25 Å². The van der Waals surface area contributed by atoms with Crippen molar-refractivity contribution in [1.82, 2.24) is 9.55 Å². The Morgan fingerprint density at radius 3 is 2.84 bits per heavy atom. The Kier molecular flexibility index (Phi) is 5.76. The largest absolute Gasteiger partial charge is 0.465 e. The Bertz CT molecular complexity index is 852. The lowest BCUT2D eigenvalue weighted by Gasteiger charge is -2.16. The zero-order chi connectivity index (χ0) is 18.0. The number of ether oxygens (including phenoxy) is 1. The van der Waals surface area contributed by atoms with Crippen molar-refractivity contribution in [3.63, 3.8) is 0 Å². The van der Waals surface area contributed by atoms with Gasteiger partial charge in [0.15, 0.2) is 5.16 Å². The third-order valence-electron chi connectivity index (χ3n) is 3.65. The smallest absolute Gasteiger partial charge is 0.319 e. The zero-order valence-corrected chi connectivity index (χ0v) is 16.2. The van der Waals surface area contributed by atoms with Crippen LogP contribution in [-0.4, -0.2) is 33.1 Å². The van der Waals surface area contributed by atoms with E-state index in [9.17, 15) is 9.59 Å². The van der Waals surface area contributed by atoms with E-state index in [2.05, 4.69) is 4.98 Å². The number of aromatic nitrogens is 2. The minimum Gasteiger partial charge on any atom is -0.465 e. The summed E-state index contributed by atoms with van der Waals surface area (Å²) >= 11 is 8.72. The highest BCUT2D eigenvalue weighted by Gasteiger charge is 2.25. The van der Waals surface area contributed by atoms with E-state index in [1.165, 1.54) is 23.5 Å². The number of halogens is 1. The molecule has 25 heavy (non-hydrogen) atoms. The van der Waals surface area contributed by atoms with Gasteiger partial charge in [0.25, 0.3) is 5.56 Å². The number of aryl methyl sites for hydroxylation is 1. The fourth-order valence-electron chi connectivity index (χ4n) is 2.46. The first-order valence-corrected chi connectivity index (χ1v) is 10.1. The second-order valence-corrected chi connectivity index (χ2v) is 8.25. The third-order valence-corrected chi connectivity index (χ3v) is 6.04. The summed E-state index contributed by atoms with van der Waals surface area (Å²) in [5.74, 6) is 0.527. The van der Waals surface area contributed by atoms with Gasteiger partial charge < -0.3 is 4.74 Å². The lowest BCUT2D eigenvalue weighted by Crippen LogP contribution is -2.25. The number of rotatable bonds is 5. The first-order valence-electron chi connectivity index (χ1n) is 7.89. The van der Waals surface area contributed by atoms with Gasteiger partial charge in [-0.15, -0.1) is 11.8 Å². The standard InChI is InChI=1S/C17H17ClN2O3S2/c1-3-23-16(22)10(2)25-17-19-13-8-9-24-14(13)15(21)20(17)12-6-4-11(18)5-7-12/h4-7,10H,3,8-9H2,1-2H3/t10-/m0/s1. The Morgan fingerprint density at radius 1 is 1.44 bits per heavy atom. The minimum absolute atomic E-state index is 0.103. The number of hydrogen-bond donors (Lipinski definition) is 0. The van der Waals surface area contributed by atoms with E-state index in [1.54, 1.807) is 42.7 Å². The van der Waals surface area contributed by atoms with E-state index in [0.29, 0.717) is 27.4 Å². The maximum absolute atomic E-state index is 13.0. The molecule has 2 aromatic rings. The fourth-order valence-corrected chi connectivity index (χ4v) is 4.55. The number of benzene rings is 1. The van der Waals surface area contributed by atoms with Crippen LogP contribution in [0.25, 0.3) is 5.69 Å². The van der Waals surface area contributed by atoms with Crippen LogP contribution in [0, 0.1) is 0 Å². The molecular weight excluding hydrogens is 380 g/mol. The first kappa shape index (κ1) is 18.4. The third kappa shape index (κ3) is 3.88. The Morgan fingerprint density at radius 2 is 2.16 bits per heavy atom. The summed E-state index contributed by atoms with van der Waals surface area (Å²) in [7, 11) is 0. The number of esters is 1. The Hall–Kier alpha value is -1.44. The molecule has 0 N–H and O–H groups in total. The topological polar surface area (TPSA) is 61.2 Å². The van der Waals surface area contributed by atoms with Crippen molar-refractivity contribution in [3.05, 3.63) is 45.3 Å². The Labute approximate surface area is 159 Å². The number of hydrogen-bond acceptors (Lipinski definition) is 6. The van der Waals surface area contributed by atoms with Crippen LogP contribution >= 0.6 is 35.1 Å². The number of carbonyl (C=O) groups excluding carboxylic acids is 1. The average Bonchev–Trinajstić information content (AvgIpc) is 3.05. The molecule has 1 aliphatic heterocycles. The predicted molar refractivity (Wildman–Crippen MR) is 101 cm³/mol. The van der Waals surface area contributed by atoms with Crippen LogP contribution in [0.5, 0.6) is 0 Å². The maximum atomic E-state index is 13.0. The summed E-state index contributed by atoms with van der Waals surface area (Å²) in [5.41, 5.74) is 1.38. The number of thioether (sulfide) groups is 2. The average molecular weight is 397 g/mol. The highest BCUT2D eigenvalue weighted by molar-refractivity contribution is 8.00. The van der Waals surface area contributed by atoms with Crippen molar-refractivity contribution >= 4 is 41.1 Å². The van der Waals surface area contributed by atoms with Crippen LogP contribution < -0.4 is 5.56 Å². The normalized spacial score (nSPS) is 14.2. The SMILES string of the molecule is CCOC(=O)[C@H](C)Sc1nc2c(c(=O)n1-c1ccc(Cl)cc1)SCC2. The monoisotopic (exact) mass is 396 g/mol. The molecule has 8 heteroatoms. The molecule has 2 heterocycles. The van der Waals surface area contributed by atoms with Crippen LogP contribution in [0.2, 0.25) is 5.02 Å². The van der Waals surface area contributed by atoms with Crippen LogP contribution in [0.15, 0.2) is 39.1 Å². The van der Waals surface area contributed by atoms with E-state index >= 15 is 0 Å². The van der Waals surface area contributed by atoms with Gasteiger partial charge in [0.1, 0.15) is 5.25 Å². The van der Waals surface area contributed by atoms with E-state index in [4.69, 9.17) is 16.3 Å². The lowest BCUT2D eigenvalue weighted by atomic mass is 10.3. The molecule has 1 aliphatic rings. The molecular formula is C17H17ClN2O3S2. The first-order chi connectivity index (χ1) is 12.0. The second-order valence-electron chi connectivity index (χ2n) is 5.40. The quantitative estimate of drug-likeness (QED) is 0.437. The Balaban J connectivity index is 2.07. The van der Waals surface area contributed by atoms with Crippen molar-refractivity contribution in [2.75, 3.05) is 12.4 Å². The van der Waals surface area contributed by atoms with E-state index in [-0.39, 0.29) is 11.5 Å². The van der Waals surface area contributed by atoms with Gasteiger partial charge in [0, 0.05) is 17.2 Å². The summed E-state index contributed by atoms with van der Waals surface area (Å²) in [5, 5.41) is 0.626. The summed E-state index contributed by atoms with van der Waals surface area (Å²) < 4.78 is 6.61. The molecule has 0 amide bonds. The molecule has 1 aromatic heterocycles. The van der Waals surface area contributed by atoms with Crippen molar-refractivity contribution in [2.24, 2.45) is 0 Å². The molecule has 132 valence electrons. The predicted octanol–water partition coefficient (Wildman–Crippen LogP) is 3.58. The number of carbonyl (C=O) groups is 1. The summed E-state index contributed by atoms with van der Waals surface area (Å²) in [6, 6.07) is 7.01. The number of nitrogens with zero attached hydrogens (tertiary/aromatic N) is 2. The van der Waals surface area contributed by atoms with Crippen LogP contribution in [-0.2, 0) is 16.0 Å². The van der Waals surface area contributed by atoms with Crippen molar-refractivity contribution in [3.8, 4) is 5.69 Å². The van der Waals surface area contributed by atoms with Crippen molar-refractivity contribution < 1.29 is 9.53 Å². The van der Waals surface area contributed by atoms with Gasteiger partial charge in [-0.05, 0) is 38.1 Å². The van der Waals surface area contributed by atoms with Gasteiger partial charge in [0.05, 0.1) is 22.9 Å². The molecule has 3 rings (SSSR count). The second kappa shape index (κ2) is 7.85. The molecule has 1 atom stereocenters. The minimum atomic E-state index is -0.461. The highest BCUT2D eigenvalue weighted by Crippen LogP contribution is 2.31. The van der Waals surface area contributed by atoms with Crippen molar-refractivity contribution in [1.29, 1.82) is 0 Å². The van der Waals surface area contributed by atoms with Crippen LogP contribution in [0.1, 0.15) is 19.5 Å².